The lowest BCUT2D eigenvalue weighted by Gasteiger charge is -2.30. The normalized spacial score (nSPS) is 17.8. The third kappa shape index (κ3) is 2.06. The van der Waals surface area contributed by atoms with Crippen LogP contribution in [0.4, 0.5) is 0 Å². The Morgan fingerprint density at radius 3 is 2.28 bits per heavy atom. The van der Waals surface area contributed by atoms with Crippen molar-refractivity contribution >= 4 is 11.6 Å². The number of benzene rings is 1. The van der Waals surface area contributed by atoms with Gasteiger partial charge in [-0.3, -0.25) is 0 Å². The Hall–Kier alpha value is -0.930. The summed E-state index contributed by atoms with van der Waals surface area (Å²) in [5.74, 6) is 1.34. The first-order valence-corrected chi connectivity index (χ1v) is 6.67. The number of hydrogen-bond acceptors (Lipinski definition) is 3. The average Bonchev–Trinajstić information content (AvgIpc) is 2.88. The van der Waals surface area contributed by atoms with Gasteiger partial charge in [0.1, 0.15) is 0 Å². The van der Waals surface area contributed by atoms with Gasteiger partial charge in [0.05, 0.1) is 19.2 Å². The maximum Gasteiger partial charge on any atom is 0.179 e. The maximum absolute atomic E-state index is 6.14. The molecule has 18 heavy (non-hydrogen) atoms. The molecule has 0 heterocycles. The number of methoxy groups -OCH3 is 2. The Morgan fingerprint density at radius 1 is 1.17 bits per heavy atom. The predicted octanol–water partition coefficient (Wildman–Crippen LogP) is 3.13. The zero-order valence-electron chi connectivity index (χ0n) is 11.0. The van der Waals surface area contributed by atoms with Gasteiger partial charge < -0.3 is 15.2 Å². The van der Waals surface area contributed by atoms with Gasteiger partial charge in [-0.05, 0) is 18.9 Å². The molecule has 0 radical (unpaired) electrons. The number of hydrogen-bond donors (Lipinski definition) is 1. The topological polar surface area (TPSA) is 44.5 Å². The van der Waals surface area contributed by atoms with Crippen LogP contribution in [0.5, 0.6) is 11.5 Å². The van der Waals surface area contributed by atoms with E-state index in [1.807, 2.05) is 12.1 Å². The predicted molar refractivity (Wildman–Crippen MR) is 73.8 cm³/mol. The molecule has 2 N–H and O–H groups in total. The van der Waals surface area contributed by atoms with Crippen molar-refractivity contribution < 1.29 is 9.47 Å². The monoisotopic (exact) mass is 269 g/mol. The van der Waals surface area contributed by atoms with Gasteiger partial charge in [0.15, 0.2) is 11.5 Å². The second-order valence-corrected chi connectivity index (χ2v) is 5.26. The Morgan fingerprint density at radius 2 is 1.78 bits per heavy atom. The highest BCUT2D eigenvalue weighted by Crippen LogP contribution is 2.48. The van der Waals surface area contributed by atoms with Crippen molar-refractivity contribution in [1.29, 1.82) is 0 Å². The minimum Gasteiger partial charge on any atom is -0.492 e. The summed E-state index contributed by atoms with van der Waals surface area (Å²) < 4.78 is 10.9. The van der Waals surface area contributed by atoms with Crippen LogP contribution in [0.15, 0.2) is 12.1 Å². The molecule has 1 aliphatic carbocycles. The molecule has 3 nitrogen and oxygen atoms in total. The summed E-state index contributed by atoms with van der Waals surface area (Å²) >= 11 is 6.14. The Balaban J connectivity index is 2.56. The Labute approximate surface area is 113 Å². The summed E-state index contributed by atoms with van der Waals surface area (Å²) in [7, 11) is 3.26. The SMILES string of the molecule is COc1c(Cl)ccc(C2(CN)CCCC2)c1OC. The Kier molecular flexibility index (Phi) is 4.03. The van der Waals surface area contributed by atoms with Gasteiger partial charge in [-0.15, -0.1) is 0 Å². The van der Waals surface area contributed by atoms with Crippen LogP contribution in [-0.4, -0.2) is 20.8 Å². The summed E-state index contributed by atoms with van der Waals surface area (Å²) in [6.07, 6.45) is 4.63. The van der Waals surface area contributed by atoms with Crippen LogP contribution in [0.1, 0.15) is 31.2 Å². The van der Waals surface area contributed by atoms with Crippen LogP contribution in [0.2, 0.25) is 5.02 Å². The molecule has 0 aliphatic heterocycles. The molecule has 1 aromatic rings. The van der Waals surface area contributed by atoms with Crippen molar-refractivity contribution in [1.82, 2.24) is 0 Å². The highest BCUT2D eigenvalue weighted by Gasteiger charge is 2.37. The van der Waals surface area contributed by atoms with E-state index >= 15 is 0 Å². The molecule has 0 atom stereocenters. The van der Waals surface area contributed by atoms with Crippen molar-refractivity contribution in [3.63, 3.8) is 0 Å². The highest BCUT2D eigenvalue weighted by atomic mass is 35.5. The lowest BCUT2D eigenvalue weighted by atomic mass is 9.78. The van der Waals surface area contributed by atoms with Crippen molar-refractivity contribution in [3.8, 4) is 11.5 Å². The van der Waals surface area contributed by atoms with E-state index in [1.165, 1.54) is 12.8 Å². The minimum absolute atomic E-state index is 0.0171. The summed E-state index contributed by atoms with van der Waals surface area (Å²) in [5.41, 5.74) is 7.17. The van der Waals surface area contributed by atoms with Crippen LogP contribution in [0.3, 0.4) is 0 Å². The van der Waals surface area contributed by atoms with Gasteiger partial charge in [-0.2, -0.15) is 0 Å². The third-order valence-electron chi connectivity index (χ3n) is 4.00. The van der Waals surface area contributed by atoms with Crippen LogP contribution in [0.25, 0.3) is 0 Å². The first-order valence-electron chi connectivity index (χ1n) is 6.29. The van der Waals surface area contributed by atoms with E-state index in [9.17, 15) is 0 Å². The maximum atomic E-state index is 6.14. The van der Waals surface area contributed by atoms with Gasteiger partial charge in [0.25, 0.3) is 0 Å². The molecule has 1 aromatic carbocycles. The first kappa shape index (κ1) is 13.5. The third-order valence-corrected chi connectivity index (χ3v) is 4.29. The fourth-order valence-corrected chi connectivity index (χ4v) is 3.21. The van der Waals surface area contributed by atoms with E-state index in [4.69, 9.17) is 26.8 Å². The lowest BCUT2D eigenvalue weighted by Crippen LogP contribution is -2.32. The molecule has 1 fully saturated rings. The number of ether oxygens (including phenoxy) is 2. The van der Waals surface area contributed by atoms with Crippen LogP contribution in [-0.2, 0) is 5.41 Å². The molecule has 1 aliphatic rings. The smallest absolute Gasteiger partial charge is 0.179 e. The zero-order valence-corrected chi connectivity index (χ0v) is 11.7. The van der Waals surface area contributed by atoms with Crippen LogP contribution >= 0.6 is 11.6 Å². The number of nitrogens with two attached hydrogens (primary N) is 1. The molecule has 0 aromatic heterocycles. The van der Waals surface area contributed by atoms with Crippen molar-refractivity contribution in [2.45, 2.75) is 31.1 Å². The number of halogens is 1. The van der Waals surface area contributed by atoms with Crippen LogP contribution < -0.4 is 15.2 Å². The highest BCUT2D eigenvalue weighted by molar-refractivity contribution is 6.32. The largest absolute Gasteiger partial charge is 0.492 e. The van der Waals surface area contributed by atoms with Crippen LogP contribution in [0, 0.1) is 0 Å². The lowest BCUT2D eigenvalue weighted by molar-refractivity contribution is 0.337. The van der Waals surface area contributed by atoms with Crippen molar-refractivity contribution in [3.05, 3.63) is 22.7 Å². The average molecular weight is 270 g/mol. The summed E-state index contributed by atoms with van der Waals surface area (Å²) in [6, 6.07) is 3.90. The fraction of sp³-hybridized carbons (Fsp3) is 0.571. The van der Waals surface area contributed by atoms with E-state index in [0.717, 1.165) is 24.2 Å². The summed E-state index contributed by atoms with van der Waals surface area (Å²) in [6.45, 7) is 0.633. The standard InChI is InChI=1S/C14H20ClNO2/c1-17-12-10(5-6-11(15)13(12)18-2)14(9-16)7-3-4-8-14/h5-6H,3-4,7-9,16H2,1-2H3. The van der Waals surface area contributed by atoms with E-state index in [2.05, 4.69) is 0 Å². The second kappa shape index (κ2) is 5.37. The van der Waals surface area contributed by atoms with Gasteiger partial charge in [-0.25, -0.2) is 0 Å². The second-order valence-electron chi connectivity index (χ2n) is 4.85. The van der Waals surface area contributed by atoms with Crippen molar-refractivity contribution in [2.75, 3.05) is 20.8 Å². The molecule has 0 spiro atoms. The van der Waals surface area contributed by atoms with E-state index in [1.54, 1.807) is 14.2 Å². The molecule has 100 valence electrons. The summed E-state index contributed by atoms with van der Waals surface area (Å²) in [4.78, 5) is 0. The molecule has 0 bridgehead atoms. The van der Waals surface area contributed by atoms with E-state index in [-0.39, 0.29) is 5.41 Å². The molecule has 1 saturated carbocycles. The Bertz CT molecular complexity index is 428. The number of rotatable bonds is 4. The van der Waals surface area contributed by atoms with E-state index in [0.29, 0.717) is 17.3 Å². The minimum atomic E-state index is 0.0171. The van der Waals surface area contributed by atoms with Gasteiger partial charge in [-0.1, -0.05) is 30.5 Å². The fourth-order valence-electron chi connectivity index (χ4n) is 2.98. The molecule has 0 amide bonds. The molecule has 4 heteroatoms. The quantitative estimate of drug-likeness (QED) is 0.913. The summed E-state index contributed by atoms with van der Waals surface area (Å²) in [5, 5.41) is 0.572. The zero-order chi connectivity index (χ0) is 13.2. The van der Waals surface area contributed by atoms with Gasteiger partial charge in [0.2, 0.25) is 0 Å². The molecule has 2 rings (SSSR count). The molecular formula is C14H20ClNO2. The first-order chi connectivity index (χ1) is 8.68. The van der Waals surface area contributed by atoms with Crippen molar-refractivity contribution in [2.24, 2.45) is 5.73 Å². The van der Waals surface area contributed by atoms with Gasteiger partial charge in [0, 0.05) is 17.5 Å². The molecule has 0 saturated heterocycles. The molecular weight excluding hydrogens is 250 g/mol. The van der Waals surface area contributed by atoms with Gasteiger partial charge >= 0.3 is 0 Å². The molecule has 0 unspecified atom stereocenters. The van der Waals surface area contributed by atoms with E-state index < -0.39 is 0 Å².